The lowest BCUT2D eigenvalue weighted by Gasteiger charge is -2.18. The molecule has 0 amide bonds. The lowest BCUT2D eigenvalue weighted by Crippen LogP contribution is -2.30. The third kappa shape index (κ3) is 62.0. The number of hydrogen-bond donors (Lipinski definition) is 0. The van der Waals surface area contributed by atoms with Gasteiger partial charge in [0.1, 0.15) is 13.2 Å². The molecule has 6 heteroatoms. The molecule has 77 heavy (non-hydrogen) atoms. The largest absolute Gasteiger partial charge is 0.462 e. The molecule has 1 unspecified atom stereocenters. The van der Waals surface area contributed by atoms with Gasteiger partial charge in [0, 0.05) is 19.3 Å². The van der Waals surface area contributed by atoms with Gasteiger partial charge in [-0.05, 0) is 116 Å². The van der Waals surface area contributed by atoms with E-state index < -0.39 is 6.10 Å². The average molecular weight is 1060 g/mol. The first-order chi connectivity index (χ1) is 38.0. The van der Waals surface area contributed by atoms with Gasteiger partial charge in [0.2, 0.25) is 0 Å². The van der Waals surface area contributed by atoms with Crippen molar-refractivity contribution in [2.75, 3.05) is 13.2 Å². The van der Waals surface area contributed by atoms with Gasteiger partial charge in [0.15, 0.2) is 6.10 Å². The fraction of sp³-hybridized carbons (Fsp3) is 0.620. The first-order valence-electron chi connectivity index (χ1n) is 31.3. The van der Waals surface area contributed by atoms with Gasteiger partial charge in [-0.2, -0.15) is 0 Å². The average Bonchev–Trinajstić information content (AvgIpc) is 3.43. The maximum absolute atomic E-state index is 12.9. The Labute approximate surface area is 474 Å². The minimum absolute atomic E-state index is 0.106. The summed E-state index contributed by atoms with van der Waals surface area (Å²) >= 11 is 0. The normalized spacial score (nSPS) is 13.1. The zero-order chi connectivity index (χ0) is 55.7. The number of carbonyl (C=O) groups is 3. The molecule has 0 aliphatic heterocycles. The molecule has 0 N–H and O–H groups in total. The van der Waals surface area contributed by atoms with Gasteiger partial charge in [-0.25, -0.2) is 0 Å². The van der Waals surface area contributed by atoms with Crippen molar-refractivity contribution >= 4 is 17.9 Å². The third-order valence-corrected chi connectivity index (χ3v) is 12.8. The topological polar surface area (TPSA) is 78.9 Å². The van der Waals surface area contributed by atoms with E-state index in [1.54, 1.807) is 0 Å². The summed E-state index contributed by atoms with van der Waals surface area (Å²) in [6.45, 7) is 6.36. The van der Waals surface area contributed by atoms with Crippen molar-refractivity contribution in [3.8, 4) is 0 Å². The summed E-state index contributed by atoms with van der Waals surface area (Å²) < 4.78 is 16.8. The Balaban J connectivity index is 4.46. The van der Waals surface area contributed by atoms with Crippen LogP contribution in [0.3, 0.4) is 0 Å². The molecular formula is C71H114O6. The van der Waals surface area contributed by atoms with E-state index in [-0.39, 0.29) is 37.5 Å². The molecule has 1 atom stereocenters. The Bertz CT molecular complexity index is 1700. The van der Waals surface area contributed by atoms with Gasteiger partial charge in [-0.3, -0.25) is 14.4 Å². The summed E-state index contributed by atoms with van der Waals surface area (Å²) in [5.74, 6) is -0.986. The highest BCUT2D eigenvalue weighted by atomic mass is 16.6. The minimum Gasteiger partial charge on any atom is -0.462 e. The maximum atomic E-state index is 12.9. The van der Waals surface area contributed by atoms with Gasteiger partial charge >= 0.3 is 17.9 Å². The van der Waals surface area contributed by atoms with Crippen LogP contribution in [0.1, 0.15) is 265 Å². The van der Waals surface area contributed by atoms with Gasteiger partial charge in [-0.15, -0.1) is 0 Å². The minimum atomic E-state index is -0.816. The molecule has 0 aliphatic rings. The molecule has 0 aromatic heterocycles. The molecule has 0 rings (SSSR count). The Morgan fingerprint density at radius 1 is 0.273 bits per heavy atom. The number of esters is 3. The van der Waals surface area contributed by atoms with Gasteiger partial charge in [0.05, 0.1) is 0 Å². The molecule has 0 spiro atoms. The van der Waals surface area contributed by atoms with Crippen molar-refractivity contribution in [2.45, 2.75) is 271 Å². The lowest BCUT2D eigenvalue weighted by atomic mass is 10.0. The van der Waals surface area contributed by atoms with E-state index in [4.69, 9.17) is 14.2 Å². The van der Waals surface area contributed by atoms with Crippen molar-refractivity contribution < 1.29 is 28.6 Å². The van der Waals surface area contributed by atoms with Crippen LogP contribution < -0.4 is 0 Å². The molecular weight excluding hydrogens is 949 g/mol. The van der Waals surface area contributed by atoms with E-state index in [1.807, 2.05) is 0 Å². The standard InChI is InChI=1S/C71H114O6/c1-4-7-10-13-16-19-22-25-28-29-30-31-32-33-34-35-36-37-38-39-40-41-44-46-49-52-55-58-61-64-70(73)76-67-68(77-71(74)65-62-59-56-53-50-47-43-27-24-21-18-15-12-9-6-3)66-75-69(72)63-60-57-54-51-48-45-42-26-23-20-17-14-11-8-5-2/h7,9-10,12,16,18-19,21,25,27-28,30-31,33-34,36-37,39-40,43-44,46,52,55,68H,4-6,8,11,13-15,17,20,22-24,26,29,32,35,38,41-42,45,47-51,53-54,56-67H2,1-3H3/b10-7-,12-9-,19-16-,21-18-,28-25-,31-30-,34-33-,37-36-,40-39-,43-27-,46-44-,55-52-. The quantitative estimate of drug-likeness (QED) is 0.0261. The molecule has 0 bridgehead atoms. The van der Waals surface area contributed by atoms with Crippen LogP contribution in [0.25, 0.3) is 0 Å². The fourth-order valence-electron chi connectivity index (χ4n) is 8.22. The van der Waals surface area contributed by atoms with Crippen LogP contribution in [0.5, 0.6) is 0 Å². The first kappa shape index (κ1) is 72.3. The van der Waals surface area contributed by atoms with Crippen LogP contribution in [0.15, 0.2) is 146 Å². The van der Waals surface area contributed by atoms with Gasteiger partial charge in [0.25, 0.3) is 0 Å². The molecule has 0 saturated carbocycles. The molecule has 0 saturated heterocycles. The van der Waals surface area contributed by atoms with Crippen LogP contribution in [0, 0.1) is 0 Å². The van der Waals surface area contributed by atoms with E-state index in [9.17, 15) is 14.4 Å². The Morgan fingerprint density at radius 2 is 0.519 bits per heavy atom. The second-order valence-electron chi connectivity index (χ2n) is 20.2. The van der Waals surface area contributed by atoms with E-state index in [2.05, 4.69) is 167 Å². The van der Waals surface area contributed by atoms with Crippen molar-refractivity contribution in [1.29, 1.82) is 0 Å². The van der Waals surface area contributed by atoms with E-state index in [0.717, 1.165) is 141 Å². The molecule has 0 fully saturated rings. The number of allylic oxidation sites excluding steroid dienone is 24. The van der Waals surface area contributed by atoms with E-state index >= 15 is 0 Å². The smallest absolute Gasteiger partial charge is 0.306 e. The molecule has 434 valence electrons. The molecule has 0 aromatic carbocycles. The van der Waals surface area contributed by atoms with E-state index in [1.165, 1.54) is 77.0 Å². The first-order valence-corrected chi connectivity index (χ1v) is 31.3. The Hall–Kier alpha value is -4.71. The van der Waals surface area contributed by atoms with Crippen LogP contribution in [-0.2, 0) is 28.6 Å². The summed E-state index contributed by atoms with van der Waals surface area (Å²) in [5.41, 5.74) is 0. The third-order valence-electron chi connectivity index (χ3n) is 12.8. The van der Waals surface area contributed by atoms with Crippen molar-refractivity contribution in [3.05, 3.63) is 146 Å². The highest BCUT2D eigenvalue weighted by Gasteiger charge is 2.19. The summed E-state index contributed by atoms with van der Waals surface area (Å²) in [6.07, 6.45) is 91.4. The molecule has 0 radical (unpaired) electrons. The summed E-state index contributed by atoms with van der Waals surface area (Å²) in [4.78, 5) is 38.2. The Kier molecular flexibility index (Phi) is 59.9. The second kappa shape index (κ2) is 63.8. The van der Waals surface area contributed by atoms with Crippen LogP contribution in [-0.4, -0.2) is 37.2 Å². The second-order valence-corrected chi connectivity index (χ2v) is 20.2. The highest BCUT2D eigenvalue weighted by molar-refractivity contribution is 5.71. The van der Waals surface area contributed by atoms with E-state index in [0.29, 0.717) is 19.3 Å². The number of carbonyl (C=O) groups excluding carboxylic acids is 3. The highest BCUT2D eigenvalue weighted by Crippen LogP contribution is 2.15. The van der Waals surface area contributed by atoms with Crippen molar-refractivity contribution in [2.24, 2.45) is 0 Å². The number of rotatable bonds is 55. The Morgan fingerprint density at radius 3 is 0.844 bits per heavy atom. The zero-order valence-corrected chi connectivity index (χ0v) is 49.7. The predicted molar refractivity (Wildman–Crippen MR) is 334 cm³/mol. The predicted octanol–water partition coefficient (Wildman–Crippen LogP) is 21.5. The van der Waals surface area contributed by atoms with Gasteiger partial charge < -0.3 is 14.2 Å². The SMILES string of the molecule is CC/C=C\C/C=C\C/C=C\C/C=C\C/C=C\C/C=C\C/C=C\C/C=C\C/C=C\CCCC(=O)OCC(COC(=O)CCCCCCCCCCCCCCCCC)OC(=O)CCCCCCC/C=C\C/C=C\C/C=C\CC. The lowest BCUT2D eigenvalue weighted by molar-refractivity contribution is -0.167. The fourth-order valence-corrected chi connectivity index (χ4v) is 8.22. The number of ether oxygens (including phenoxy) is 3. The number of unbranched alkanes of at least 4 members (excludes halogenated alkanes) is 20. The zero-order valence-electron chi connectivity index (χ0n) is 49.7. The van der Waals surface area contributed by atoms with Crippen molar-refractivity contribution in [1.82, 2.24) is 0 Å². The van der Waals surface area contributed by atoms with Crippen LogP contribution in [0.4, 0.5) is 0 Å². The summed E-state index contributed by atoms with van der Waals surface area (Å²) in [6, 6.07) is 0. The monoisotopic (exact) mass is 1060 g/mol. The maximum Gasteiger partial charge on any atom is 0.306 e. The molecule has 0 heterocycles. The summed E-state index contributed by atoms with van der Waals surface area (Å²) in [5, 5.41) is 0. The number of hydrogen-bond acceptors (Lipinski definition) is 6. The van der Waals surface area contributed by atoms with Crippen molar-refractivity contribution in [3.63, 3.8) is 0 Å². The molecule has 0 aromatic rings. The van der Waals surface area contributed by atoms with Gasteiger partial charge in [-0.1, -0.05) is 276 Å². The summed E-state index contributed by atoms with van der Waals surface area (Å²) in [7, 11) is 0. The molecule has 0 aliphatic carbocycles. The van der Waals surface area contributed by atoms with Crippen LogP contribution in [0.2, 0.25) is 0 Å². The molecule has 6 nitrogen and oxygen atoms in total. The van der Waals surface area contributed by atoms with Crippen LogP contribution >= 0.6 is 0 Å².